The van der Waals surface area contributed by atoms with Crippen LogP contribution in [0.15, 0.2) is 46.6 Å². The van der Waals surface area contributed by atoms with E-state index in [1.54, 1.807) is 13.0 Å². The highest BCUT2D eigenvalue weighted by Gasteiger charge is 2.30. The summed E-state index contributed by atoms with van der Waals surface area (Å²) in [5, 5.41) is 8.93. The maximum absolute atomic E-state index is 13.0. The molecular weight excluding hydrogens is 451 g/mol. The predicted molar refractivity (Wildman–Crippen MR) is 115 cm³/mol. The molecule has 11 heteroatoms. The zero-order valence-electron chi connectivity index (χ0n) is 16.3. The average molecular weight is 466 g/mol. The molecule has 4 rings (SSSR count). The Morgan fingerprint density at radius 1 is 1.29 bits per heavy atom. The number of alkyl halides is 3. The minimum Gasteiger partial charge on any atom is -0.267 e. The summed E-state index contributed by atoms with van der Waals surface area (Å²) in [5.41, 5.74) is -0.148. The second-order valence-electron chi connectivity index (χ2n) is 6.67. The molecule has 3 heterocycles. The molecule has 0 amide bonds. The van der Waals surface area contributed by atoms with Crippen LogP contribution >= 0.6 is 22.9 Å². The van der Waals surface area contributed by atoms with Crippen molar-refractivity contribution < 1.29 is 13.2 Å². The standard InChI is InChI=1S/C20H15ClF3N5OS/c1-3-14-8-15-18(31-14)25-10-28(19(15)30)26-9-16-11(2)27-29(17(16)21)13-6-4-5-12(7-13)20(22,23)24/h4-10H,3H2,1-2H3/b26-9+. The molecule has 0 radical (unpaired) electrons. The molecule has 0 fully saturated rings. The van der Waals surface area contributed by atoms with Gasteiger partial charge in [-0.3, -0.25) is 4.79 Å². The fourth-order valence-electron chi connectivity index (χ4n) is 2.98. The lowest BCUT2D eigenvalue weighted by molar-refractivity contribution is -0.137. The van der Waals surface area contributed by atoms with Crippen LogP contribution in [0.5, 0.6) is 0 Å². The van der Waals surface area contributed by atoms with Gasteiger partial charge in [0.15, 0.2) is 0 Å². The van der Waals surface area contributed by atoms with Crippen LogP contribution in [0.3, 0.4) is 0 Å². The quantitative estimate of drug-likeness (QED) is 0.395. The number of aryl methyl sites for hydroxylation is 2. The number of thiophene rings is 1. The van der Waals surface area contributed by atoms with Crippen molar-refractivity contribution in [2.75, 3.05) is 0 Å². The van der Waals surface area contributed by atoms with Gasteiger partial charge in [0.05, 0.1) is 34.1 Å². The van der Waals surface area contributed by atoms with Crippen LogP contribution in [0.25, 0.3) is 15.9 Å². The molecule has 0 bridgehead atoms. The van der Waals surface area contributed by atoms with Crippen LogP contribution in [-0.4, -0.2) is 25.7 Å². The van der Waals surface area contributed by atoms with Crippen molar-refractivity contribution in [3.8, 4) is 5.69 Å². The predicted octanol–water partition coefficient (Wildman–Crippen LogP) is 5.07. The minimum absolute atomic E-state index is 0.0754. The molecule has 0 aliphatic rings. The van der Waals surface area contributed by atoms with Gasteiger partial charge >= 0.3 is 6.18 Å². The van der Waals surface area contributed by atoms with Crippen molar-refractivity contribution in [1.29, 1.82) is 0 Å². The van der Waals surface area contributed by atoms with E-state index in [0.717, 1.165) is 28.1 Å². The van der Waals surface area contributed by atoms with Crippen molar-refractivity contribution in [2.45, 2.75) is 26.4 Å². The first-order chi connectivity index (χ1) is 14.7. The molecule has 0 N–H and O–H groups in total. The molecule has 6 nitrogen and oxygen atoms in total. The molecule has 0 spiro atoms. The maximum atomic E-state index is 13.0. The summed E-state index contributed by atoms with van der Waals surface area (Å²) in [7, 11) is 0. The summed E-state index contributed by atoms with van der Waals surface area (Å²) in [4.78, 5) is 18.6. The Balaban J connectivity index is 1.72. The summed E-state index contributed by atoms with van der Waals surface area (Å²) in [6.07, 6.45) is -1.03. The maximum Gasteiger partial charge on any atom is 0.416 e. The Labute approximate surface area is 183 Å². The van der Waals surface area contributed by atoms with Crippen LogP contribution in [0.4, 0.5) is 13.2 Å². The molecule has 0 aliphatic heterocycles. The van der Waals surface area contributed by atoms with E-state index in [2.05, 4.69) is 15.2 Å². The smallest absolute Gasteiger partial charge is 0.267 e. The highest BCUT2D eigenvalue weighted by molar-refractivity contribution is 7.18. The van der Waals surface area contributed by atoms with Crippen LogP contribution < -0.4 is 5.56 Å². The zero-order valence-corrected chi connectivity index (χ0v) is 17.9. The lowest BCUT2D eigenvalue weighted by Gasteiger charge is -2.09. The number of nitrogens with zero attached hydrogens (tertiary/aromatic N) is 5. The first-order valence-corrected chi connectivity index (χ1v) is 10.4. The van der Waals surface area contributed by atoms with E-state index in [1.807, 2.05) is 6.92 Å². The molecule has 0 atom stereocenters. The minimum atomic E-state index is -4.49. The number of benzene rings is 1. The highest BCUT2D eigenvalue weighted by Crippen LogP contribution is 2.31. The van der Waals surface area contributed by atoms with Crippen LogP contribution in [0.1, 0.15) is 28.6 Å². The molecule has 0 saturated heterocycles. The topological polar surface area (TPSA) is 65.1 Å². The Morgan fingerprint density at radius 3 is 2.77 bits per heavy atom. The molecule has 1 aromatic carbocycles. The number of rotatable bonds is 4. The van der Waals surface area contributed by atoms with E-state index in [4.69, 9.17) is 11.6 Å². The van der Waals surface area contributed by atoms with E-state index in [0.29, 0.717) is 21.5 Å². The SMILES string of the molecule is CCc1cc2c(=O)n(/N=C/c3c(C)nn(-c4cccc(C(F)(F)F)c4)c3Cl)cnc2s1. The lowest BCUT2D eigenvalue weighted by atomic mass is 10.2. The number of aromatic nitrogens is 4. The van der Waals surface area contributed by atoms with E-state index in [-0.39, 0.29) is 16.4 Å². The highest BCUT2D eigenvalue weighted by atomic mass is 35.5. The van der Waals surface area contributed by atoms with E-state index >= 15 is 0 Å². The van der Waals surface area contributed by atoms with Gasteiger partial charge in [-0.15, -0.1) is 11.3 Å². The largest absolute Gasteiger partial charge is 0.416 e. The molecule has 160 valence electrons. The normalized spacial score (nSPS) is 12.3. The molecule has 3 aromatic heterocycles. The van der Waals surface area contributed by atoms with Gasteiger partial charge in [0.1, 0.15) is 16.3 Å². The van der Waals surface area contributed by atoms with Crippen molar-refractivity contribution in [2.24, 2.45) is 5.10 Å². The van der Waals surface area contributed by atoms with E-state index in [9.17, 15) is 18.0 Å². The van der Waals surface area contributed by atoms with Crippen LogP contribution in [-0.2, 0) is 12.6 Å². The van der Waals surface area contributed by atoms with E-state index in [1.165, 1.54) is 40.7 Å². The Kier molecular flexibility index (Phi) is 5.44. The fourth-order valence-corrected chi connectivity index (χ4v) is 4.23. The second kappa shape index (κ2) is 7.93. The zero-order chi connectivity index (χ0) is 22.3. The molecule has 31 heavy (non-hydrogen) atoms. The number of halogens is 4. The first-order valence-electron chi connectivity index (χ1n) is 9.16. The summed E-state index contributed by atoms with van der Waals surface area (Å²) in [6, 6.07) is 6.48. The van der Waals surface area contributed by atoms with Gasteiger partial charge in [0.2, 0.25) is 0 Å². The van der Waals surface area contributed by atoms with Crippen molar-refractivity contribution in [1.82, 2.24) is 19.4 Å². The molecule has 0 unspecified atom stereocenters. The van der Waals surface area contributed by atoms with Gasteiger partial charge in [-0.1, -0.05) is 24.6 Å². The van der Waals surface area contributed by atoms with Crippen molar-refractivity contribution >= 4 is 39.4 Å². The fraction of sp³-hybridized carbons (Fsp3) is 0.200. The molecule has 0 saturated carbocycles. The molecular formula is C20H15ClF3N5OS. The Morgan fingerprint density at radius 2 is 2.06 bits per heavy atom. The number of hydrogen-bond donors (Lipinski definition) is 0. The summed E-state index contributed by atoms with van der Waals surface area (Å²) >= 11 is 7.83. The number of fused-ring (bicyclic) bond motifs is 1. The summed E-state index contributed by atoms with van der Waals surface area (Å²) in [6.45, 7) is 3.64. The van der Waals surface area contributed by atoms with Gasteiger partial charge in [0, 0.05) is 4.88 Å². The van der Waals surface area contributed by atoms with Gasteiger partial charge in [0.25, 0.3) is 5.56 Å². The molecule has 0 aliphatic carbocycles. The van der Waals surface area contributed by atoms with Gasteiger partial charge < -0.3 is 0 Å². The van der Waals surface area contributed by atoms with Gasteiger partial charge in [-0.2, -0.15) is 28.0 Å². The Hall–Kier alpha value is -2.98. The summed E-state index contributed by atoms with van der Waals surface area (Å²) in [5.74, 6) is 0. The van der Waals surface area contributed by atoms with Gasteiger partial charge in [-0.25, -0.2) is 9.67 Å². The first kappa shape index (κ1) is 21.3. The molecule has 4 aromatic rings. The third-order valence-corrected chi connectivity index (χ3v) is 6.16. The third kappa shape index (κ3) is 4.00. The Bertz CT molecular complexity index is 1370. The van der Waals surface area contributed by atoms with Crippen LogP contribution in [0, 0.1) is 6.92 Å². The number of hydrogen-bond acceptors (Lipinski definition) is 5. The monoisotopic (exact) mass is 465 g/mol. The third-order valence-electron chi connectivity index (χ3n) is 4.61. The van der Waals surface area contributed by atoms with Crippen molar-refractivity contribution in [3.05, 3.63) is 73.9 Å². The average Bonchev–Trinajstić information content (AvgIpc) is 3.28. The summed E-state index contributed by atoms with van der Waals surface area (Å²) < 4.78 is 41.4. The lowest BCUT2D eigenvalue weighted by Crippen LogP contribution is -2.16. The van der Waals surface area contributed by atoms with Gasteiger partial charge in [-0.05, 0) is 37.6 Å². The van der Waals surface area contributed by atoms with Crippen molar-refractivity contribution in [3.63, 3.8) is 0 Å². The second-order valence-corrected chi connectivity index (χ2v) is 8.15. The van der Waals surface area contributed by atoms with E-state index < -0.39 is 11.7 Å². The van der Waals surface area contributed by atoms with Crippen LogP contribution in [0.2, 0.25) is 5.15 Å².